The van der Waals surface area contributed by atoms with Crippen LogP contribution < -0.4 is 10.6 Å². The van der Waals surface area contributed by atoms with Crippen molar-refractivity contribution in [1.29, 1.82) is 0 Å². The van der Waals surface area contributed by atoms with E-state index in [1.807, 2.05) is 13.8 Å². The molecule has 0 aromatic carbocycles. The van der Waals surface area contributed by atoms with E-state index >= 15 is 0 Å². The van der Waals surface area contributed by atoms with Gasteiger partial charge in [-0.3, -0.25) is 0 Å². The van der Waals surface area contributed by atoms with Crippen LogP contribution in [0.2, 0.25) is 0 Å². The van der Waals surface area contributed by atoms with Crippen LogP contribution in [0.25, 0.3) is 0 Å². The van der Waals surface area contributed by atoms with Crippen molar-refractivity contribution in [2.24, 2.45) is 0 Å². The van der Waals surface area contributed by atoms with Crippen LogP contribution in [0.1, 0.15) is 24.7 Å². The minimum Gasteiger partial charge on any atom is -0.383 e. The predicted octanol–water partition coefficient (Wildman–Crippen LogP) is 1.29. The predicted molar refractivity (Wildman–Crippen MR) is 68.2 cm³/mol. The lowest BCUT2D eigenvalue weighted by molar-refractivity contribution is 0.0925. The van der Waals surface area contributed by atoms with E-state index in [4.69, 9.17) is 10.5 Å². The Morgan fingerprint density at radius 1 is 1.41 bits per heavy atom. The molecule has 0 bridgehead atoms. The van der Waals surface area contributed by atoms with Crippen molar-refractivity contribution in [2.45, 2.75) is 33.2 Å². The highest BCUT2D eigenvalue weighted by atomic mass is 16.5. The standard InChI is InChI=1S/C12H20N4O/c1-4-10-7-17-6-5-16(10)12-8(2)11(13)14-9(3)15-12/h10H,4-7H2,1-3H3,(H2,13,14,15). The number of anilines is 2. The van der Waals surface area contributed by atoms with Gasteiger partial charge in [0.2, 0.25) is 0 Å². The van der Waals surface area contributed by atoms with Gasteiger partial charge in [0, 0.05) is 12.1 Å². The first-order valence-electron chi connectivity index (χ1n) is 6.08. The first-order valence-corrected chi connectivity index (χ1v) is 6.08. The van der Waals surface area contributed by atoms with Gasteiger partial charge >= 0.3 is 0 Å². The first-order chi connectivity index (χ1) is 8.13. The monoisotopic (exact) mass is 236 g/mol. The van der Waals surface area contributed by atoms with Gasteiger partial charge in [0.05, 0.1) is 19.3 Å². The molecular weight excluding hydrogens is 216 g/mol. The molecule has 1 unspecified atom stereocenters. The average Bonchev–Trinajstić information content (AvgIpc) is 2.33. The molecule has 1 aromatic heterocycles. The fourth-order valence-electron chi connectivity index (χ4n) is 2.19. The number of morpholine rings is 1. The van der Waals surface area contributed by atoms with Gasteiger partial charge < -0.3 is 15.4 Å². The number of nitrogens with zero attached hydrogens (tertiary/aromatic N) is 3. The number of aromatic nitrogens is 2. The second-order valence-corrected chi connectivity index (χ2v) is 4.44. The summed E-state index contributed by atoms with van der Waals surface area (Å²) in [5, 5.41) is 0. The molecule has 1 aromatic rings. The zero-order chi connectivity index (χ0) is 12.4. The van der Waals surface area contributed by atoms with Crippen LogP contribution in [0.15, 0.2) is 0 Å². The molecular formula is C12H20N4O. The molecule has 1 aliphatic heterocycles. The van der Waals surface area contributed by atoms with Crippen molar-refractivity contribution in [3.63, 3.8) is 0 Å². The molecule has 1 fully saturated rings. The van der Waals surface area contributed by atoms with Gasteiger partial charge in [-0.2, -0.15) is 0 Å². The van der Waals surface area contributed by atoms with Crippen LogP contribution in [0.5, 0.6) is 0 Å². The van der Waals surface area contributed by atoms with Gasteiger partial charge in [0.25, 0.3) is 0 Å². The van der Waals surface area contributed by atoms with Crippen molar-refractivity contribution in [1.82, 2.24) is 9.97 Å². The Kier molecular flexibility index (Phi) is 3.47. The summed E-state index contributed by atoms with van der Waals surface area (Å²) in [4.78, 5) is 11.0. The molecule has 17 heavy (non-hydrogen) atoms. The van der Waals surface area contributed by atoms with Gasteiger partial charge in [-0.1, -0.05) is 6.92 Å². The molecule has 0 radical (unpaired) electrons. The van der Waals surface area contributed by atoms with Gasteiger partial charge in [-0.05, 0) is 20.3 Å². The zero-order valence-electron chi connectivity index (χ0n) is 10.7. The minimum absolute atomic E-state index is 0.385. The van der Waals surface area contributed by atoms with Crippen LogP contribution in [-0.4, -0.2) is 35.8 Å². The third-order valence-corrected chi connectivity index (χ3v) is 3.24. The molecule has 1 aliphatic rings. The Bertz CT molecular complexity index is 408. The summed E-state index contributed by atoms with van der Waals surface area (Å²) >= 11 is 0. The van der Waals surface area contributed by atoms with Crippen LogP contribution in [-0.2, 0) is 4.74 Å². The largest absolute Gasteiger partial charge is 0.383 e. The summed E-state index contributed by atoms with van der Waals surface area (Å²) < 4.78 is 5.51. The normalized spacial score (nSPS) is 20.6. The summed E-state index contributed by atoms with van der Waals surface area (Å²) in [7, 11) is 0. The van der Waals surface area contributed by atoms with Crippen LogP contribution in [0.3, 0.4) is 0 Å². The van der Waals surface area contributed by atoms with Crippen molar-refractivity contribution in [3.05, 3.63) is 11.4 Å². The van der Waals surface area contributed by atoms with Crippen LogP contribution >= 0.6 is 0 Å². The van der Waals surface area contributed by atoms with Crippen molar-refractivity contribution in [2.75, 3.05) is 30.4 Å². The number of rotatable bonds is 2. The van der Waals surface area contributed by atoms with Crippen molar-refractivity contribution in [3.8, 4) is 0 Å². The number of nitrogen functional groups attached to an aromatic ring is 1. The molecule has 1 saturated heterocycles. The maximum atomic E-state index is 5.91. The maximum Gasteiger partial charge on any atom is 0.137 e. The molecule has 1 atom stereocenters. The molecule has 94 valence electrons. The highest BCUT2D eigenvalue weighted by Gasteiger charge is 2.25. The SMILES string of the molecule is CCC1COCCN1c1nc(C)nc(N)c1C. The van der Waals surface area contributed by atoms with Crippen LogP contribution in [0.4, 0.5) is 11.6 Å². The summed E-state index contributed by atoms with van der Waals surface area (Å²) in [6.07, 6.45) is 1.04. The Morgan fingerprint density at radius 3 is 2.88 bits per heavy atom. The molecule has 2 heterocycles. The lowest BCUT2D eigenvalue weighted by Crippen LogP contribution is -2.46. The van der Waals surface area contributed by atoms with E-state index in [9.17, 15) is 0 Å². The Balaban J connectivity index is 2.37. The number of nitrogens with two attached hydrogens (primary N) is 1. The number of hydrogen-bond acceptors (Lipinski definition) is 5. The summed E-state index contributed by atoms with van der Waals surface area (Å²) in [6, 6.07) is 0.385. The van der Waals surface area contributed by atoms with Gasteiger partial charge in [0.1, 0.15) is 17.5 Å². The van der Waals surface area contributed by atoms with Crippen LogP contribution in [0, 0.1) is 13.8 Å². The van der Waals surface area contributed by atoms with E-state index in [0.717, 1.165) is 43.4 Å². The summed E-state index contributed by atoms with van der Waals surface area (Å²) in [5.74, 6) is 2.27. The van der Waals surface area contributed by atoms with Gasteiger partial charge in [-0.25, -0.2) is 9.97 Å². The van der Waals surface area contributed by atoms with E-state index in [1.54, 1.807) is 0 Å². The topological polar surface area (TPSA) is 64.3 Å². The Labute approximate surface area is 102 Å². The summed E-state index contributed by atoms with van der Waals surface area (Å²) in [6.45, 7) is 8.40. The zero-order valence-corrected chi connectivity index (χ0v) is 10.7. The molecule has 0 amide bonds. The molecule has 0 spiro atoms. The molecule has 0 aliphatic carbocycles. The van der Waals surface area contributed by atoms with Gasteiger partial charge in [-0.15, -0.1) is 0 Å². The van der Waals surface area contributed by atoms with E-state index in [2.05, 4.69) is 21.8 Å². The second-order valence-electron chi connectivity index (χ2n) is 4.44. The van der Waals surface area contributed by atoms with Crippen molar-refractivity contribution < 1.29 is 4.74 Å². The fourth-order valence-corrected chi connectivity index (χ4v) is 2.19. The highest BCUT2D eigenvalue weighted by Crippen LogP contribution is 2.25. The second kappa shape index (κ2) is 4.87. The lowest BCUT2D eigenvalue weighted by Gasteiger charge is -2.37. The molecule has 5 heteroatoms. The van der Waals surface area contributed by atoms with E-state index in [0.29, 0.717) is 11.9 Å². The third-order valence-electron chi connectivity index (χ3n) is 3.24. The molecule has 5 nitrogen and oxygen atoms in total. The molecule has 0 saturated carbocycles. The Morgan fingerprint density at radius 2 is 2.18 bits per heavy atom. The third kappa shape index (κ3) is 2.34. The highest BCUT2D eigenvalue weighted by molar-refractivity contribution is 5.57. The van der Waals surface area contributed by atoms with Gasteiger partial charge in [0.15, 0.2) is 0 Å². The number of aryl methyl sites for hydroxylation is 1. The van der Waals surface area contributed by atoms with E-state index in [-0.39, 0.29) is 0 Å². The number of hydrogen-bond donors (Lipinski definition) is 1. The quantitative estimate of drug-likeness (QED) is 0.838. The smallest absolute Gasteiger partial charge is 0.137 e. The number of ether oxygens (including phenoxy) is 1. The summed E-state index contributed by atoms with van der Waals surface area (Å²) in [5.41, 5.74) is 6.87. The fraction of sp³-hybridized carbons (Fsp3) is 0.667. The average molecular weight is 236 g/mol. The van der Waals surface area contributed by atoms with E-state index in [1.165, 1.54) is 0 Å². The van der Waals surface area contributed by atoms with E-state index < -0.39 is 0 Å². The molecule has 2 rings (SSSR count). The Hall–Kier alpha value is -1.36. The first kappa shape index (κ1) is 12.1. The minimum atomic E-state index is 0.385. The molecule has 2 N–H and O–H groups in total. The maximum absolute atomic E-state index is 5.91. The van der Waals surface area contributed by atoms with Crippen molar-refractivity contribution >= 4 is 11.6 Å². The lowest BCUT2D eigenvalue weighted by atomic mass is 10.1.